The number of rotatable bonds is 10. The van der Waals surface area contributed by atoms with Gasteiger partial charge in [0.15, 0.2) is 0 Å². The predicted molar refractivity (Wildman–Crippen MR) is 102 cm³/mol. The van der Waals surface area contributed by atoms with Gasteiger partial charge in [-0.05, 0) is 62.7 Å². The summed E-state index contributed by atoms with van der Waals surface area (Å²) in [6.45, 7) is 1.17. The highest BCUT2D eigenvalue weighted by Gasteiger charge is 2.09. The molecule has 1 N–H and O–H groups in total. The van der Waals surface area contributed by atoms with Crippen LogP contribution in [0.1, 0.15) is 17.5 Å². The van der Waals surface area contributed by atoms with Crippen molar-refractivity contribution in [1.29, 1.82) is 0 Å². The average Bonchev–Trinajstić information content (AvgIpc) is 2.63. The first-order chi connectivity index (χ1) is 12.1. The molecule has 4 nitrogen and oxygen atoms in total. The van der Waals surface area contributed by atoms with Crippen LogP contribution in [0.4, 0.5) is 0 Å². The van der Waals surface area contributed by atoms with Crippen LogP contribution in [0.3, 0.4) is 0 Å². The molecule has 0 aromatic heterocycles. The summed E-state index contributed by atoms with van der Waals surface area (Å²) < 4.78 is 11.2. The Morgan fingerprint density at radius 1 is 1.04 bits per heavy atom. The normalized spacial score (nSPS) is 12.2. The van der Waals surface area contributed by atoms with Gasteiger partial charge in [-0.1, -0.05) is 30.3 Å². The Morgan fingerprint density at radius 3 is 2.60 bits per heavy atom. The van der Waals surface area contributed by atoms with Crippen molar-refractivity contribution in [2.45, 2.75) is 25.4 Å². The number of hydrogen-bond donors (Lipinski definition) is 1. The number of benzene rings is 2. The highest BCUT2D eigenvalue weighted by atomic mass is 16.5. The van der Waals surface area contributed by atoms with Crippen LogP contribution in [-0.2, 0) is 12.8 Å². The van der Waals surface area contributed by atoms with Gasteiger partial charge in [0, 0.05) is 6.54 Å². The molecule has 0 fully saturated rings. The molecule has 2 rings (SSSR count). The number of nitrogens with zero attached hydrogens (tertiary/aromatic N) is 1. The molecule has 2 aromatic carbocycles. The summed E-state index contributed by atoms with van der Waals surface area (Å²) in [5, 5.41) is 10.1. The summed E-state index contributed by atoms with van der Waals surface area (Å²) in [7, 11) is 5.69. The fraction of sp³-hybridized carbons (Fsp3) is 0.429. The highest BCUT2D eigenvalue weighted by molar-refractivity contribution is 5.35. The van der Waals surface area contributed by atoms with Gasteiger partial charge in [0.25, 0.3) is 0 Å². The van der Waals surface area contributed by atoms with E-state index in [0.717, 1.165) is 36.4 Å². The SMILES string of the molecule is COc1cccc(CCc2ccccc2OCC(O)CCN(C)C)c1. The Morgan fingerprint density at radius 2 is 1.84 bits per heavy atom. The molecule has 0 saturated carbocycles. The molecule has 2 aromatic rings. The molecule has 4 heteroatoms. The largest absolute Gasteiger partial charge is 0.497 e. The van der Waals surface area contributed by atoms with Crippen molar-refractivity contribution in [3.63, 3.8) is 0 Å². The zero-order valence-electron chi connectivity index (χ0n) is 15.4. The van der Waals surface area contributed by atoms with E-state index in [0.29, 0.717) is 13.0 Å². The molecule has 0 heterocycles. The number of hydrogen-bond acceptors (Lipinski definition) is 4. The standard InChI is InChI=1S/C21H29NO3/c1-22(2)14-13-19(23)16-25-21-10-5-4-8-18(21)12-11-17-7-6-9-20(15-17)24-3/h4-10,15,19,23H,11-14,16H2,1-3H3. The van der Waals surface area contributed by atoms with Crippen molar-refractivity contribution < 1.29 is 14.6 Å². The molecule has 0 aliphatic heterocycles. The summed E-state index contributed by atoms with van der Waals surface area (Å²) in [4.78, 5) is 2.06. The van der Waals surface area contributed by atoms with E-state index in [2.05, 4.69) is 23.1 Å². The van der Waals surface area contributed by atoms with Crippen molar-refractivity contribution in [3.05, 3.63) is 59.7 Å². The van der Waals surface area contributed by atoms with Gasteiger partial charge in [0.05, 0.1) is 13.2 Å². The smallest absolute Gasteiger partial charge is 0.122 e. The summed E-state index contributed by atoms with van der Waals surface area (Å²) in [6.07, 6.45) is 2.06. The first kappa shape index (κ1) is 19.3. The molecule has 0 saturated heterocycles. The van der Waals surface area contributed by atoms with E-state index in [-0.39, 0.29) is 0 Å². The second-order valence-corrected chi connectivity index (χ2v) is 6.52. The van der Waals surface area contributed by atoms with Crippen LogP contribution in [0.15, 0.2) is 48.5 Å². The zero-order chi connectivity index (χ0) is 18.1. The second kappa shape index (κ2) is 10.1. The fourth-order valence-electron chi connectivity index (χ4n) is 2.63. The monoisotopic (exact) mass is 343 g/mol. The minimum atomic E-state index is -0.450. The van der Waals surface area contributed by atoms with Crippen molar-refractivity contribution in [1.82, 2.24) is 4.90 Å². The minimum absolute atomic E-state index is 0.323. The van der Waals surface area contributed by atoms with Crippen LogP contribution in [0.2, 0.25) is 0 Å². The molecule has 0 bridgehead atoms. The van der Waals surface area contributed by atoms with Gasteiger partial charge in [-0.3, -0.25) is 0 Å². The fourth-order valence-corrected chi connectivity index (χ4v) is 2.63. The number of methoxy groups -OCH3 is 1. The van der Waals surface area contributed by atoms with Crippen molar-refractivity contribution in [2.24, 2.45) is 0 Å². The predicted octanol–water partition coefficient (Wildman–Crippen LogP) is 3.17. The lowest BCUT2D eigenvalue weighted by Crippen LogP contribution is -2.24. The summed E-state index contributed by atoms with van der Waals surface area (Å²) in [6, 6.07) is 16.2. The van der Waals surface area contributed by atoms with E-state index in [1.165, 1.54) is 5.56 Å². The van der Waals surface area contributed by atoms with Gasteiger partial charge in [0.2, 0.25) is 0 Å². The molecular formula is C21H29NO3. The third-order valence-corrected chi connectivity index (χ3v) is 4.13. The molecule has 25 heavy (non-hydrogen) atoms. The van der Waals surface area contributed by atoms with E-state index in [9.17, 15) is 5.11 Å². The third kappa shape index (κ3) is 6.77. The molecule has 0 amide bonds. The maximum atomic E-state index is 10.1. The Hall–Kier alpha value is -2.04. The Kier molecular flexibility index (Phi) is 7.76. The number of para-hydroxylation sites is 1. The Bertz CT molecular complexity index is 643. The van der Waals surface area contributed by atoms with Crippen LogP contribution in [0, 0.1) is 0 Å². The maximum absolute atomic E-state index is 10.1. The number of ether oxygens (including phenoxy) is 2. The minimum Gasteiger partial charge on any atom is -0.497 e. The highest BCUT2D eigenvalue weighted by Crippen LogP contribution is 2.21. The van der Waals surface area contributed by atoms with Gasteiger partial charge < -0.3 is 19.5 Å². The lowest BCUT2D eigenvalue weighted by atomic mass is 10.0. The Labute approximate surface area is 151 Å². The average molecular weight is 343 g/mol. The molecule has 1 unspecified atom stereocenters. The molecule has 1 atom stereocenters. The molecular weight excluding hydrogens is 314 g/mol. The lowest BCUT2D eigenvalue weighted by Gasteiger charge is -2.17. The van der Waals surface area contributed by atoms with Gasteiger partial charge >= 0.3 is 0 Å². The van der Waals surface area contributed by atoms with Gasteiger partial charge in [-0.25, -0.2) is 0 Å². The van der Waals surface area contributed by atoms with Crippen molar-refractivity contribution in [2.75, 3.05) is 34.4 Å². The summed E-state index contributed by atoms with van der Waals surface area (Å²) in [5.41, 5.74) is 2.39. The van der Waals surface area contributed by atoms with Crippen LogP contribution < -0.4 is 9.47 Å². The van der Waals surface area contributed by atoms with Crippen LogP contribution in [0.25, 0.3) is 0 Å². The zero-order valence-corrected chi connectivity index (χ0v) is 15.4. The maximum Gasteiger partial charge on any atom is 0.122 e. The molecule has 0 spiro atoms. The first-order valence-electron chi connectivity index (χ1n) is 8.75. The van der Waals surface area contributed by atoms with Crippen LogP contribution in [-0.4, -0.2) is 50.5 Å². The van der Waals surface area contributed by atoms with Crippen LogP contribution >= 0.6 is 0 Å². The number of aliphatic hydroxyl groups excluding tert-OH is 1. The lowest BCUT2D eigenvalue weighted by molar-refractivity contribution is 0.0925. The summed E-state index contributed by atoms with van der Waals surface area (Å²) >= 11 is 0. The van der Waals surface area contributed by atoms with E-state index < -0.39 is 6.10 Å². The van der Waals surface area contributed by atoms with E-state index in [4.69, 9.17) is 9.47 Å². The van der Waals surface area contributed by atoms with Crippen molar-refractivity contribution in [3.8, 4) is 11.5 Å². The second-order valence-electron chi connectivity index (χ2n) is 6.52. The van der Waals surface area contributed by atoms with Gasteiger partial charge in [0.1, 0.15) is 18.1 Å². The topological polar surface area (TPSA) is 41.9 Å². The van der Waals surface area contributed by atoms with Crippen molar-refractivity contribution >= 4 is 0 Å². The molecule has 136 valence electrons. The quantitative estimate of drug-likeness (QED) is 0.719. The first-order valence-corrected chi connectivity index (χ1v) is 8.75. The van der Waals surface area contributed by atoms with Gasteiger partial charge in [-0.2, -0.15) is 0 Å². The Balaban J connectivity index is 1.91. The van der Waals surface area contributed by atoms with E-state index >= 15 is 0 Å². The third-order valence-electron chi connectivity index (χ3n) is 4.13. The number of aryl methyl sites for hydroxylation is 2. The van der Waals surface area contributed by atoms with Gasteiger partial charge in [-0.15, -0.1) is 0 Å². The molecule has 0 aliphatic rings. The number of aliphatic hydroxyl groups is 1. The summed E-state index contributed by atoms with van der Waals surface area (Å²) in [5.74, 6) is 1.74. The molecule has 0 radical (unpaired) electrons. The van der Waals surface area contributed by atoms with E-state index in [1.807, 2.05) is 44.4 Å². The van der Waals surface area contributed by atoms with E-state index in [1.54, 1.807) is 7.11 Å². The molecule has 0 aliphatic carbocycles. The van der Waals surface area contributed by atoms with Crippen LogP contribution in [0.5, 0.6) is 11.5 Å².